The van der Waals surface area contributed by atoms with Crippen LogP contribution in [0.3, 0.4) is 0 Å². The van der Waals surface area contributed by atoms with Crippen molar-refractivity contribution in [2.45, 2.75) is 6.18 Å². The number of carbonyl (C=O) groups is 1. The largest absolute Gasteiger partial charge is 0.494 e. The zero-order valence-electron chi connectivity index (χ0n) is 20.0. The van der Waals surface area contributed by atoms with Crippen LogP contribution in [0.25, 0.3) is 0 Å². The van der Waals surface area contributed by atoms with E-state index in [9.17, 15) is 18.0 Å². The Labute approximate surface area is 216 Å². The molecule has 0 aliphatic carbocycles. The molecule has 196 valence electrons. The van der Waals surface area contributed by atoms with Gasteiger partial charge in [-0.25, -0.2) is 4.98 Å². The van der Waals surface area contributed by atoms with Gasteiger partial charge in [0.25, 0.3) is 0 Å². The molecule has 3 aromatic rings. The fourth-order valence-corrected chi connectivity index (χ4v) is 3.29. The maximum atomic E-state index is 13.1. The van der Waals surface area contributed by atoms with Crippen molar-refractivity contribution in [2.24, 2.45) is 0 Å². The third-order valence-corrected chi connectivity index (χ3v) is 5.19. The van der Waals surface area contributed by atoms with Crippen molar-refractivity contribution in [3.63, 3.8) is 0 Å². The molecule has 0 aliphatic heterocycles. The first kappa shape index (κ1) is 27.6. The third-order valence-electron chi connectivity index (χ3n) is 4.92. The summed E-state index contributed by atoms with van der Waals surface area (Å²) in [4.78, 5) is 20.4. The molecule has 2 aromatic carbocycles. The van der Waals surface area contributed by atoms with Crippen LogP contribution in [0.5, 0.6) is 5.75 Å². The first-order chi connectivity index (χ1) is 17.6. The Morgan fingerprint density at radius 2 is 1.92 bits per heavy atom. The number of carbonyl (C=O) groups excluding carboxylic acids is 1. The first-order valence-electron chi connectivity index (χ1n) is 10.9. The molecule has 13 heteroatoms. The fraction of sp³-hybridized carbons (Fsp3) is 0.208. The van der Waals surface area contributed by atoms with Crippen molar-refractivity contribution in [3.05, 3.63) is 65.8 Å². The number of aromatic nitrogens is 2. The molecule has 0 saturated heterocycles. The maximum Gasteiger partial charge on any atom is 0.416 e. The van der Waals surface area contributed by atoms with E-state index in [1.807, 2.05) is 7.05 Å². The monoisotopic (exact) mass is 535 g/mol. The molecule has 0 fully saturated rings. The minimum atomic E-state index is -4.50. The number of hydrogen-bond donors (Lipinski definition) is 5. The molecule has 1 heterocycles. The number of nitrogens with zero attached hydrogens (tertiary/aromatic N) is 2. The zero-order chi connectivity index (χ0) is 27.0. The summed E-state index contributed by atoms with van der Waals surface area (Å²) in [6.45, 7) is 4.73. The van der Waals surface area contributed by atoms with Gasteiger partial charge in [-0.2, -0.15) is 18.2 Å². The molecule has 0 spiro atoms. The van der Waals surface area contributed by atoms with E-state index in [4.69, 9.17) is 16.3 Å². The van der Waals surface area contributed by atoms with Crippen molar-refractivity contribution in [1.29, 1.82) is 0 Å². The van der Waals surface area contributed by atoms with Gasteiger partial charge in [0, 0.05) is 24.8 Å². The predicted molar refractivity (Wildman–Crippen MR) is 139 cm³/mol. The van der Waals surface area contributed by atoms with Crippen molar-refractivity contribution in [3.8, 4) is 5.75 Å². The molecule has 3 rings (SSSR count). The minimum absolute atomic E-state index is 0.0778. The van der Waals surface area contributed by atoms with Gasteiger partial charge in [0.05, 0.1) is 35.9 Å². The topological polar surface area (TPSA) is 112 Å². The van der Waals surface area contributed by atoms with Crippen molar-refractivity contribution < 1.29 is 22.7 Å². The number of anilines is 6. The van der Waals surface area contributed by atoms with Gasteiger partial charge in [0.2, 0.25) is 11.9 Å². The van der Waals surface area contributed by atoms with Gasteiger partial charge >= 0.3 is 6.18 Å². The molecule has 0 saturated carbocycles. The highest BCUT2D eigenvalue weighted by Crippen LogP contribution is 2.37. The third kappa shape index (κ3) is 7.48. The summed E-state index contributed by atoms with van der Waals surface area (Å²) in [5.41, 5.74) is 0.791. The number of benzene rings is 2. The Hall–Kier alpha value is -4.03. The second-order valence-corrected chi connectivity index (χ2v) is 7.95. The van der Waals surface area contributed by atoms with Gasteiger partial charge in [-0.05, 0) is 37.4 Å². The lowest BCUT2D eigenvalue weighted by Gasteiger charge is -2.18. The molecule has 0 unspecified atom stereocenters. The molecular formula is C24H25ClF3N7O2. The second kappa shape index (κ2) is 12.3. The van der Waals surface area contributed by atoms with E-state index in [-0.39, 0.29) is 22.5 Å². The number of halogens is 4. The van der Waals surface area contributed by atoms with Gasteiger partial charge in [-0.1, -0.05) is 24.2 Å². The average Bonchev–Trinajstić information content (AvgIpc) is 2.87. The van der Waals surface area contributed by atoms with E-state index in [0.29, 0.717) is 35.9 Å². The Morgan fingerprint density at radius 1 is 1.14 bits per heavy atom. The van der Waals surface area contributed by atoms with E-state index in [0.717, 1.165) is 18.2 Å². The van der Waals surface area contributed by atoms with E-state index < -0.39 is 17.6 Å². The van der Waals surface area contributed by atoms with Crippen molar-refractivity contribution in [2.75, 3.05) is 48.5 Å². The summed E-state index contributed by atoms with van der Waals surface area (Å²) in [5.74, 6) is 0.162. The average molecular weight is 536 g/mol. The van der Waals surface area contributed by atoms with Crippen LogP contribution < -0.4 is 31.3 Å². The summed E-state index contributed by atoms with van der Waals surface area (Å²) in [5, 5.41) is 14.8. The van der Waals surface area contributed by atoms with Crippen LogP contribution in [-0.4, -0.2) is 43.1 Å². The molecule has 9 nitrogen and oxygen atoms in total. The van der Waals surface area contributed by atoms with E-state index in [1.54, 1.807) is 12.1 Å². The summed E-state index contributed by atoms with van der Waals surface area (Å²) in [7, 11) is 3.29. The number of rotatable bonds is 11. The number of amides is 1. The van der Waals surface area contributed by atoms with Crippen LogP contribution in [0.1, 0.15) is 5.56 Å². The zero-order valence-corrected chi connectivity index (χ0v) is 20.7. The Bertz CT molecular complexity index is 1270. The van der Waals surface area contributed by atoms with Crippen LogP contribution >= 0.6 is 11.6 Å². The summed E-state index contributed by atoms with van der Waals surface area (Å²) in [6, 6.07) is 7.96. The molecule has 1 amide bonds. The van der Waals surface area contributed by atoms with Crippen LogP contribution in [0.15, 0.2) is 55.3 Å². The smallest absolute Gasteiger partial charge is 0.416 e. The number of hydrogen-bond acceptors (Lipinski definition) is 8. The van der Waals surface area contributed by atoms with Gasteiger partial charge in [-0.15, -0.1) is 0 Å². The van der Waals surface area contributed by atoms with Crippen molar-refractivity contribution in [1.82, 2.24) is 15.3 Å². The number of nitrogens with one attached hydrogen (secondary N) is 5. The number of methoxy groups -OCH3 is 1. The summed E-state index contributed by atoms with van der Waals surface area (Å²) < 4.78 is 44.7. The molecule has 0 bridgehead atoms. The van der Waals surface area contributed by atoms with E-state index >= 15 is 0 Å². The minimum Gasteiger partial charge on any atom is -0.494 e. The molecule has 0 radical (unpaired) electrons. The quantitative estimate of drug-likeness (QED) is 0.164. The Balaban J connectivity index is 1.92. The molecule has 5 N–H and O–H groups in total. The second-order valence-electron chi connectivity index (χ2n) is 7.54. The van der Waals surface area contributed by atoms with E-state index in [2.05, 4.69) is 43.1 Å². The van der Waals surface area contributed by atoms with Crippen molar-refractivity contribution >= 4 is 52.0 Å². The number of alkyl halides is 3. The fourth-order valence-electron chi connectivity index (χ4n) is 3.15. The lowest BCUT2D eigenvalue weighted by molar-refractivity contribution is -0.137. The van der Waals surface area contributed by atoms with Crippen LogP contribution in [0.2, 0.25) is 5.02 Å². The van der Waals surface area contributed by atoms with Crippen LogP contribution in [0.4, 0.5) is 47.7 Å². The SMILES string of the molecule is C=CC(=O)Nc1cc(Nc2ncc(Cl)c(Nc3cccc(C(F)(F)F)c3)n2)c(OC)cc1NCCNC. The van der Waals surface area contributed by atoms with Gasteiger partial charge in [0.15, 0.2) is 5.82 Å². The molecule has 37 heavy (non-hydrogen) atoms. The Kier molecular flexibility index (Phi) is 9.15. The molecule has 0 atom stereocenters. The maximum absolute atomic E-state index is 13.1. The summed E-state index contributed by atoms with van der Waals surface area (Å²) in [6.07, 6.45) is -2.06. The first-order valence-corrected chi connectivity index (χ1v) is 11.3. The molecule has 1 aromatic heterocycles. The Morgan fingerprint density at radius 3 is 2.59 bits per heavy atom. The highest BCUT2D eigenvalue weighted by molar-refractivity contribution is 6.32. The van der Waals surface area contributed by atoms with Gasteiger partial charge in [0.1, 0.15) is 10.8 Å². The number of ether oxygens (including phenoxy) is 1. The number of likely N-dealkylation sites (N-methyl/N-ethyl adjacent to an activating group) is 1. The van der Waals surface area contributed by atoms with E-state index in [1.165, 1.54) is 25.4 Å². The predicted octanol–water partition coefficient (Wildman–Crippen LogP) is 5.40. The standard InChI is InChI=1S/C24H25ClF3N7O2/c1-4-21(36)33-18-11-19(20(37-3)12-17(18)30-9-8-29-2)34-23-31-13-16(25)22(35-23)32-15-7-5-6-14(10-15)24(26,27)28/h4-7,10-13,29-30H,1,8-9H2,2-3H3,(H,33,36)(H2,31,32,34,35). The lowest BCUT2D eigenvalue weighted by atomic mass is 10.2. The van der Waals surface area contributed by atoms with Gasteiger partial charge < -0.3 is 31.3 Å². The normalized spacial score (nSPS) is 11.0. The lowest BCUT2D eigenvalue weighted by Crippen LogP contribution is -2.19. The molecular weight excluding hydrogens is 511 g/mol. The summed E-state index contributed by atoms with van der Waals surface area (Å²) >= 11 is 6.18. The highest BCUT2D eigenvalue weighted by atomic mass is 35.5. The van der Waals surface area contributed by atoms with Crippen LogP contribution in [0, 0.1) is 0 Å². The van der Waals surface area contributed by atoms with Gasteiger partial charge in [-0.3, -0.25) is 4.79 Å². The molecule has 0 aliphatic rings. The highest BCUT2D eigenvalue weighted by Gasteiger charge is 2.30. The van der Waals surface area contributed by atoms with Crippen LogP contribution in [-0.2, 0) is 11.0 Å².